The molecule has 1 unspecified atom stereocenters. The predicted octanol–water partition coefficient (Wildman–Crippen LogP) is 5.03. The Balaban J connectivity index is 1.23. The standard InChI is InChI=1S/C30H48O6/c1-18(5-10-26(33)36-28(2)13-14-35-27(34)17-28)22-8-9-23-21-7-6-19-15-20(31)11-12-29(19,3)24(21)16-25(32)30(22,23)4/h18-25,31-32H,5-17H2,1-4H3/t18-,19-,20-,21+,22-,23+,24+,25+,28?,29+,30-/m1/s1. The van der Waals surface area contributed by atoms with E-state index in [1.54, 1.807) is 0 Å². The third-order valence-electron chi connectivity index (χ3n) is 12.1. The largest absolute Gasteiger partial charge is 0.465 e. The minimum Gasteiger partial charge on any atom is -0.465 e. The summed E-state index contributed by atoms with van der Waals surface area (Å²) in [5, 5.41) is 22.0. The Labute approximate surface area is 216 Å². The van der Waals surface area contributed by atoms with Crippen molar-refractivity contribution in [2.24, 2.45) is 46.3 Å². The van der Waals surface area contributed by atoms with Gasteiger partial charge in [-0.1, -0.05) is 20.8 Å². The molecule has 0 aromatic heterocycles. The lowest BCUT2D eigenvalue weighted by Crippen LogP contribution is -2.58. The molecule has 0 radical (unpaired) electrons. The number of carbonyl (C=O) groups is 2. The lowest BCUT2D eigenvalue weighted by molar-refractivity contribution is -0.177. The van der Waals surface area contributed by atoms with Crippen molar-refractivity contribution in [2.75, 3.05) is 6.61 Å². The van der Waals surface area contributed by atoms with E-state index in [0.29, 0.717) is 55.0 Å². The van der Waals surface area contributed by atoms with Gasteiger partial charge in [-0.15, -0.1) is 0 Å². The average Bonchev–Trinajstić information content (AvgIpc) is 3.17. The lowest BCUT2D eigenvalue weighted by atomic mass is 9.43. The molecule has 1 saturated heterocycles. The van der Waals surface area contributed by atoms with Gasteiger partial charge in [-0.25, -0.2) is 0 Å². The van der Waals surface area contributed by atoms with E-state index < -0.39 is 5.60 Å². The average molecular weight is 505 g/mol. The second-order valence-corrected chi connectivity index (χ2v) is 14.0. The van der Waals surface area contributed by atoms with Crippen molar-refractivity contribution >= 4 is 11.9 Å². The molecular weight excluding hydrogens is 456 g/mol. The van der Waals surface area contributed by atoms with Crippen molar-refractivity contribution in [3.63, 3.8) is 0 Å². The van der Waals surface area contributed by atoms with Crippen molar-refractivity contribution in [2.45, 2.75) is 123 Å². The Kier molecular flexibility index (Phi) is 7.02. The Morgan fingerprint density at radius 2 is 1.83 bits per heavy atom. The van der Waals surface area contributed by atoms with Gasteiger partial charge in [0.15, 0.2) is 0 Å². The van der Waals surface area contributed by atoms with E-state index in [1.807, 2.05) is 6.92 Å². The summed E-state index contributed by atoms with van der Waals surface area (Å²) < 4.78 is 10.8. The SMILES string of the molecule is C[C@H](CCC(=O)OC1(C)CCOC(=O)C1)[C@H]1CC[C@H]2[C@@H]3CC[C@@H]4C[C@H](O)CC[C@]4(C)[C@H]3C[C@H](O)[C@]12C. The number of hydrogen-bond donors (Lipinski definition) is 2. The molecule has 6 heteroatoms. The Morgan fingerprint density at radius 3 is 2.58 bits per heavy atom. The fraction of sp³-hybridized carbons (Fsp3) is 0.933. The van der Waals surface area contributed by atoms with Crippen LogP contribution in [0.3, 0.4) is 0 Å². The maximum atomic E-state index is 12.7. The van der Waals surface area contributed by atoms with Crippen molar-refractivity contribution in [1.29, 1.82) is 0 Å². The minimum absolute atomic E-state index is 0.0963. The van der Waals surface area contributed by atoms with Crippen LogP contribution in [-0.2, 0) is 19.1 Å². The van der Waals surface area contributed by atoms with Crippen molar-refractivity contribution in [3.05, 3.63) is 0 Å². The molecule has 0 aromatic rings. The number of aliphatic hydroxyl groups excluding tert-OH is 2. The summed E-state index contributed by atoms with van der Waals surface area (Å²) in [7, 11) is 0. The zero-order valence-corrected chi connectivity index (χ0v) is 22.8. The highest BCUT2D eigenvalue weighted by Crippen LogP contribution is 2.68. The Hall–Kier alpha value is -1.14. The summed E-state index contributed by atoms with van der Waals surface area (Å²) in [4.78, 5) is 24.4. The summed E-state index contributed by atoms with van der Waals surface area (Å²) in [5.74, 6) is 2.58. The molecular formula is C30H48O6. The molecule has 6 nitrogen and oxygen atoms in total. The third-order valence-corrected chi connectivity index (χ3v) is 12.1. The molecule has 1 aliphatic heterocycles. The number of carbonyl (C=O) groups excluding carboxylic acids is 2. The molecule has 11 atom stereocenters. The summed E-state index contributed by atoms with van der Waals surface area (Å²) >= 11 is 0. The van der Waals surface area contributed by atoms with Gasteiger partial charge in [0.05, 0.1) is 25.2 Å². The Bertz CT molecular complexity index is 858. The van der Waals surface area contributed by atoms with Crippen LogP contribution in [0.25, 0.3) is 0 Å². The van der Waals surface area contributed by atoms with Gasteiger partial charge < -0.3 is 19.7 Å². The molecule has 2 N–H and O–H groups in total. The van der Waals surface area contributed by atoms with E-state index in [2.05, 4.69) is 20.8 Å². The number of cyclic esters (lactones) is 1. The zero-order chi connectivity index (χ0) is 25.9. The predicted molar refractivity (Wildman–Crippen MR) is 136 cm³/mol. The molecule has 4 aliphatic carbocycles. The smallest absolute Gasteiger partial charge is 0.309 e. The number of ether oxygens (including phenoxy) is 2. The second-order valence-electron chi connectivity index (χ2n) is 14.0. The van der Waals surface area contributed by atoms with Crippen molar-refractivity contribution in [3.8, 4) is 0 Å². The van der Waals surface area contributed by atoms with Gasteiger partial charge in [0, 0.05) is 12.8 Å². The maximum Gasteiger partial charge on any atom is 0.309 e. The molecule has 5 fully saturated rings. The Morgan fingerprint density at radius 1 is 1.06 bits per heavy atom. The van der Waals surface area contributed by atoms with Gasteiger partial charge in [-0.05, 0) is 111 Å². The zero-order valence-electron chi connectivity index (χ0n) is 22.8. The second kappa shape index (κ2) is 9.55. The van der Waals surface area contributed by atoms with E-state index in [4.69, 9.17) is 9.47 Å². The van der Waals surface area contributed by atoms with E-state index in [0.717, 1.165) is 38.5 Å². The first-order valence-electron chi connectivity index (χ1n) is 14.7. The number of aliphatic hydroxyl groups is 2. The molecule has 0 aromatic carbocycles. The number of fused-ring (bicyclic) bond motifs is 5. The van der Waals surface area contributed by atoms with Crippen molar-refractivity contribution < 1.29 is 29.3 Å². The highest BCUT2D eigenvalue weighted by molar-refractivity contribution is 5.74. The minimum atomic E-state index is -0.751. The molecule has 4 saturated carbocycles. The monoisotopic (exact) mass is 504 g/mol. The van der Waals surface area contributed by atoms with Crippen LogP contribution >= 0.6 is 0 Å². The summed E-state index contributed by atoms with van der Waals surface area (Å²) in [6.45, 7) is 9.20. The highest BCUT2D eigenvalue weighted by Gasteiger charge is 2.63. The van der Waals surface area contributed by atoms with Crippen LogP contribution in [0, 0.1) is 46.3 Å². The van der Waals surface area contributed by atoms with Crippen LogP contribution in [0.5, 0.6) is 0 Å². The number of hydrogen-bond acceptors (Lipinski definition) is 6. The van der Waals surface area contributed by atoms with E-state index >= 15 is 0 Å². The van der Waals surface area contributed by atoms with Crippen LogP contribution in [0.15, 0.2) is 0 Å². The third kappa shape index (κ3) is 4.42. The first kappa shape index (κ1) is 26.5. The van der Waals surface area contributed by atoms with Gasteiger partial charge in [-0.2, -0.15) is 0 Å². The first-order valence-corrected chi connectivity index (χ1v) is 14.7. The summed E-state index contributed by atoms with van der Waals surface area (Å²) in [6, 6.07) is 0. The van der Waals surface area contributed by atoms with E-state index in [-0.39, 0.29) is 41.4 Å². The topological polar surface area (TPSA) is 93.1 Å². The number of esters is 2. The highest BCUT2D eigenvalue weighted by atomic mass is 16.6. The fourth-order valence-electron chi connectivity index (χ4n) is 9.95. The molecule has 36 heavy (non-hydrogen) atoms. The molecule has 0 bridgehead atoms. The quantitative estimate of drug-likeness (QED) is 0.510. The normalized spacial score (nSPS) is 49.3. The number of rotatable bonds is 5. The van der Waals surface area contributed by atoms with E-state index in [1.165, 1.54) is 19.3 Å². The molecule has 204 valence electrons. The van der Waals surface area contributed by atoms with Gasteiger partial charge in [0.2, 0.25) is 0 Å². The first-order chi connectivity index (χ1) is 17.0. The molecule has 0 spiro atoms. The molecule has 5 rings (SSSR count). The van der Waals surface area contributed by atoms with E-state index in [9.17, 15) is 19.8 Å². The lowest BCUT2D eigenvalue weighted by Gasteiger charge is -2.62. The maximum absolute atomic E-state index is 12.7. The molecule has 5 aliphatic rings. The fourth-order valence-corrected chi connectivity index (χ4v) is 9.95. The van der Waals surface area contributed by atoms with Crippen LogP contribution in [-0.4, -0.2) is 46.6 Å². The van der Waals surface area contributed by atoms with Gasteiger partial charge in [0.1, 0.15) is 5.60 Å². The summed E-state index contributed by atoms with van der Waals surface area (Å²) in [6.07, 6.45) is 9.93. The van der Waals surface area contributed by atoms with Crippen LogP contribution in [0.4, 0.5) is 0 Å². The van der Waals surface area contributed by atoms with Crippen LogP contribution in [0.2, 0.25) is 0 Å². The molecule has 1 heterocycles. The van der Waals surface area contributed by atoms with Gasteiger partial charge in [-0.3, -0.25) is 9.59 Å². The van der Waals surface area contributed by atoms with Crippen LogP contribution < -0.4 is 0 Å². The summed E-state index contributed by atoms with van der Waals surface area (Å²) in [5.41, 5.74) is -0.598. The van der Waals surface area contributed by atoms with Gasteiger partial charge >= 0.3 is 11.9 Å². The van der Waals surface area contributed by atoms with Crippen molar-refractivity contribution in [1.82, 2.24) is 0 Å². The van der Waals surface area contributed by atoms with Gasteiger partial charge in [0.25, 0.3) is 0 Å². The molecule has 0 amide bonds. The van der Waals surface area contributed by atoms with Crippen LogP contribution in [0.1, 0.15) is 105 Å².